The van der Waals surface area contributed by atoms with E-state index in [0.717, 1.165) is 11.3 Å². The second kappa shape index (κ2) is 8.28. The smallest absolute Gasteiger partial charge is 0.355 e. The van der Waals surface area contributed by atoms with Crippen molar-refractivity contribution >= 4 is 23.2 Å². The Morgan fingerprint density at radius 1 is 1.30 bits per heavy atom. The van der Waals surface area contributed by atoms with Gasteiger partial charge in [-0.2, -0.15) is 0 Å². The number of para-hydroxylation sites is 1. The second-order valence-electron chi connectivity index (χ2n) is 4.84. The molecule has 1 aromatic heterocycles. The monoisotopic (exact) mass is 334 g/mol. The molecule has 6 nitrogen and oxygen atoms in total. The number of nitrogens with one attached hydrogen (secondary N) is 1. The van der Waals surface area contributed by atoms with Crippen LogP contribution < -0.4 is 10.1 Å². The molecule has 0 atom stereocenters. The number of hydrogen-bond donors (Lipinski definition) is 2. The van der Waals surface area contributed by atoms with Gasteiger partial charge in [0.2, 0.25) is 5.91 Å². The van der Waals surface area contributed by atoms with Crippen molar-refractivity contribution in [2.24, 2.45) is 0 Å². The topological polar surface area (TPSA) is 88.5 Å². The van der Waals surface area contributed by atoms with Crippen LogP contribution >= 0.6 is 11.3 Å². The highest BCUT2D eigenvalue weighted by molar-refractivity contribution is 7.09. The third kappa shape index (κ3) is 5.07. The minimum absolute atomic E-state index is 0.0486. The summed E-state index contributed by atoms with van der Waals surface area (Å²) in [6, 6.07) is 7.62. The molecule has 0 bridgehead atoms. The van der Waals surface area contributed by atoms with Crippen LogP contribution in [0.3, 0.4) is 0 Å². The van der Waals surface area contributed by atoms with Crippen molar-refractivity contribution in [3.05, 3.63) is 45.9 Å². The van der Waals surface area contributed by atoms with Crippen LogP contribution in [-0.4, -0.2) is 35.6 Å². The summed E-state index contributed by atoms with van der Waals surface area (Å²) in [5.74, 6) is -0.302. The summed E-state index contributed by atoms with van der Waals surface area (Å²) < 4.78 is 5.25. The van der Waals surface area contributed by atoms with E-state index >= 15 is 0 Å². The van der Waals surface area contributed by atoms with Crippen LogP contribution in [0.25, 0.3) is 0 Å². The molecule has 23 heavy (non-hydrogen) atoms. The zero-order valence-electron chi connectivity index (χ0n) is 12.7. The van der Waals surface area contributed by atoms with Gasteiger partial charge in [-0.25, -0.2) is 9.78 Å². The zero-order chi connectivity index (χ0) is 16.7. The number of carbonyl (C=O) groups excluding carboxylic acids is 1. The molecular formula is C16H18N2O4S. The molecular weight excluding hydrogens is 316 g/mol. The van der Waals surface area contributed by atoms with Gasteiger partial charge in [0.1, 0.15) is 5.75 Å². The summed E-state index contributed by atoms with van der Waals surface area (Å²) in [5.41, 5.74) is 1.05. The van der Waals surface area contributed by atoms with Crippen LogP contribution in [0.5, 0.6) is 5.75 Å². The molecule has 0 saturated heterocycles. The number of benzene rings is 1. The molecule has 0 saturated carbocycles. The fourth-order valence-electron chi connectivity index (χ4n) is 2.08. The van der Waals surface area contributed by atoms with E-state index in [1.165, 1.54) is 16.7 Å². The molecule has 1 amide bonds. The summed E-state index contributed by atoms with van der Waals surface area (Å²) in [6.07, 6.45) is 1.51. The first-order chi connectivity index (χ1) is 11.1. The van der Waals surface area contributed by atoms with Gasteiger partial charge in [0.15, 0.2) is 5.69 Å². The van der Waals surface area contributed by atoms with Gasteiger partial charge >= 0.3 is 5.97 Å². The first-order valence-electron chi connectivity index (χ1n) is 7.16. The van der Waals surface area contributed by atoms with E-state index in [4.69, 9.17) is 9.84 Å². The molecule has 1 heterocycles. The maximum absolute atomic E-state index is 11.9. The van der Waals surface area contributed by atoms with E-state index in [2.05, 4.69) is 10.3 Å². The summed E-state index contributed by atoms with van der Waals surface area (Å²) in [6.45, 7) is 0.442. The Balaban J connectivity index is 1.73. The molecule has 0 unspecified atom stereocenters. The predicted octanol–water partition coefficient (Wildman–Crippen LogP) is 2.14. The minimum Gasteiger partial charge on any atom is -0.496 e. The quantitative estimate of drug-likeness (QED) is 0.772. The first-order valence-corrected chi connectivity index (χ1v) is 8.04. The largest absolute Gasteiger partial charge is 0.496 e. The Morgan fingerprint density at radius 3 is 2.78 bits per heavy atom. The fourth-order valence-corrected chi connectivity index (χ4v) is 2.85. The molecule has 0 aliphatic rings. The molecule has 0 aliphatic carbocycles. The van der Waals surface area contributed by atoms with E-state index in [1.54, 1.807) is 7.11 Å². The number of nitrogens with zero attached hydrogens (tertiary/aromatic N) is 1. The number of hydrogen-bond acceptors (Lipinski definition) is 5. The average molecular weight is 334 g/mol. The predicted molar refractivity (Wildman–Crippen MR) is 87.1 cm³/mol. The summed E-state index contributed by atoms with van der Waals surface area (Å²) in [4.78, 5) is 26.6. The van der Waals surface area contributed by atoms with E-state index in [1.807, 2.05) is 24.3 Å². The van der Waals surface area contributed by atoms with Gasteiger partial charge in [-0.15, -0.1) is 11.3 Å². The summed E-state index contributed by atoms with van der Waals surface area (Å²) in [5, 5.41) is 13.8. The number of aryl methyl sites for hydroxylation is 1. The number of carboxylic acids is 1. The third-order valence-electron chi connectivity index (χ3n) is 3.25. The molecule has 2 N–H and O–H groups in total. The van der Waals surface area contributed by atoms with Crippen molar-refractivity contribution in [3.63, 3.8) is 0 Å². The maximum Gasteiger partial charge on any atom is 0.355 e. The van der Waals surface area contributed by atoms with Gasteiger partial charge in [0.25, 0.3) is 0 Å². The van der Waals surface area contributed by atoms with Crippen LogP contribution in [0.4, 0.5) is 0 Å². The van der Waals surface area contributed by atoms with E-state index in [0.29, 0.717) is 30.8 Å². The lowest BCUT2D eigenvalue weighted by Crippen LogP contribution is -2.25. The van der Waals surface area contributed by atoms with Crippen LogP contribution in [0, 0.1) is 0 Å². The SMILES string of the molecule is COc1ccccc1CCC(=O)NCCc1nc(C(=O)O)cs1. The normalized spacial score (nSPS) is 10.3. The van der Waals surface area contributed by atoms with Gasteiger partial charge in [0, 0.05) is 24.8 Å². The standard InChI is InChI=1S/C16H18N2O4S/c1-22-13-5-3-2-4-11(13)6-7-14(19)17-9-8-15-18-12(10-23-15)16(20)21/h2-5,10H,6-9H2,1H3,(H,17,19)(H,20,21). The maximum atomic E-state index is 11.9. The number of thiazole rings is 1. The first kappa shape index (κ1) is 17.0. The Bertz CT molecular complexity index is 684. The molecule has 2 aromatic rings. The molecule has 2 rings (SSSR count). The Morgan fingerprint density at radius 2 is 2.09 bits per heavy atom. The van der Waals surface area contributed by atoms with Crippen LogP contribution in [0.15, 0.2) is 29.6 Å². The molecule has 1 aromatic carbocycles. The van der Waals surface area contributed by atoms with Crippen molar-refractivity contribution in [3.8, 4) is 5.75 Å². The van der Waals surface area contributed by atoms with E-state index < -0.39 is 5.97 Å². The van der Waals surface area contributed by atoms with Crippen molar-refractivity contribution in [1.29, 1.82) is 0 Å². The fraction of sp³-hybridized carbons (Fsp3) is 0.312. The van der Waals surface area contributed by atoms with Crippen molar-refractivity contribution < 1.29 is 19.4 Å². The molecule has 0 radical (unpaired) electrons. The van der Waals surface area contributed by atoms with Gasteiger partial charge in [-0.1, -0.05) is 18.2 Å². The molecule has 0 aliphatic heterocycles. The Hall–Kier alpha value is -2.41. The number of carbonyl (C=O) groups is 2. The van der Waals surface area contributed by atoms with Crippen molar-refractivity contribution in [1.82, 2.24) is 10.3 Å². The van der Waals surface area contributed by atoms with Crippen LogP contribution in [0.1, 0.15) is 27.5 Å². The number of carboxylic acid groups (broad SMARTS) is 1. The number of ether oxygens (including phenoxy) is 1. The molecule has 0 spiro atoms. The van der Waals surface area contributed by atoms with E-state index in [9.17, 15) is 9.59 Å². The van der Waals surface area contributed by atoms with Crippen LogP contribution in [-0.2, 0) is 17.6 Å². The van der Waals surface area contributed by atoms with Crippen molar-refractivity contribution in [2.75, 3.05) is 13.7 Å². The van der Waals surface area contributed by atoms with Gasteiger partial charge in [0.05, 0.1) is 12.1 Å². The number of aromatic carboxylic acids is 1. The zero-order valence-corrected chi connectivity index (χ0v) is 13.6. The summed E-state index contributed by atoms with van der Waals surface area (Å²) in [7, 11) is 1.61. The molecule has 7 heteroatoms. The second-order valence-corrected chi connectivity index (χ2v) is 5.79. The highest BCUT2D eigenvalue weighted by Gasteiger charge is 2.09. The lowest BCUT2D eigenvalue weighted by molar-refractivity contribution is -0.121. The molecule has 122 valence electrons. The average Bonchev–Trinajstić information content (AvgIpc) is 3.02. The highest BCUT2D eigenvalue weighted by atomic mass is 32.1. The van der Waals surface area contributed by atoms with E-state index in [-0.39, 0.29) is 11.6 Å². The van der Waals surface area contributed by atoms with Crippen molar-refractivity contribution in [2.45, 2.75) is 19.3 Å². The minimum atomic E-state index is -1.03. The lowest BCUT2D eigenvalue weighted by Gasteiger charge is -2.08. The number of rotatable bonds is 8. The highest BCUT2D eigenvalue weighted by Crippen LogP contribution is 2.18. The third-order valence-corrected chi connectivity index (χ3v) is 4.15. The Labute approximate surface area is 138 Å². The lowest BCUT2D eigenvalue weighted by atomic mass is 10.1. The summed E-state index contributed by atoms with van der Waals surface area (Å²) >= 11 is 1.28. The molecule has 0 fully saturated rings. The Kier molecular flexibility index (Phi) is 6.10. The number of amides is 1. The van der Waals surface area contributed by atoms with Gasteiger partial charge < -0.3 is 15.2 Å². The number of aromatic nitrogens is 1. The van der Waals surface area contributed by atoms with Crippen LogP contribution in [0.2, 0.25) is 0 Å². The van der Waals surface area contributed by atoms with Gasteiger partial charge in [-0.05, 0) is 18.1 Å². The number of methoxy groups -OCH3 is 1. The van der Waals surface area contributed by atoms with Gasteiger partial charge in [-0.3, -0.25) is 4.79 Å².